The molecule has 0 saturated carbocycles. The fourth-order valence-corrected chi connectivity index (χ4v) is 2.60. The van der Waals surface area contributed by atoms with Crippen LogP contribution in [0.4, 0.5) is 0 Å². The Morgan fingerprint density at radius 3 is 3.06 bits per heavy atom. The Bertz CT molecular complexity index is 493. The molecular weight excluding hydrogens is 242 g/mol. The molecule has 0 aliphatic carbocycles. The summed E-state index contributed by atoms with van der Waals surface area (Å²) in [5.74, 6) is 1.06. The van der Waals surface area contributed by atoms with Crippen molar-refractivity contribution in [1.29, 1.82) is 0 Å². The first-order valence-corrected chi connectivity index (χ1v) is 7.58. The van der Waals surface area contributed by atoms with Gasteiger partial charge in [0, 0.05) is 12.3 Å². The number of hydrogen-bond acceptors (Lipinski definition) is 3. The number of rotatable bonds is 7. The average molecular weight is 263 g/mol. The van der Waals surface area contributed by atoms with E-state index in [1.165, 1.54) is 18.4 Å². The number of aryl methyl sites for hydroxylation is 1. The van der Waals surface area contributed by atoms with Crippen molar-refractivity contribution in [1.82, 2.24) is 15.3 Å². The highest BCUT2D eigenvalue weighted by atomic mass is 32.2. The van der Waals surface area contributed by atoms with E-state index in [9.17, 15) is 0 Å². The summed E-state index contributed by atoms with van der Waals surface area (Å²) < 4.78 is 0. The summed E-state index contributed by atoms with van der Waals surface area (Å²) in [4.78, 5) is 7.93. The second-order valence-corrected chi connectivity index (χ2v) is 5.60. The molecule has 18 heavy (non-hydrogen) atoms. The molecule has 0 bridgehead atoms. The molecule has 1 aromatic carbocycles. The maximum atomic E-state index is 4.57. The topological polar surface area (TPSA) is 40.7 Å². The van der Waals surface area contributed by atoms with Crippen molar-refractivity contribution in [2.24, 2.45) is 0 Å². The molecule has 1 aromatic heterocycles. The molecule has 2 rings (SSSR count). The molecule has 0 atom stereocenters. The Hall–Kier alpha value is -1.00. The van der Waals surface area contributed by atoms with Gasteiger partial charge in [-0.05, 0) is 37.6 Å². The summed E-state index contributed by atoms with van der Waals surface area (Å²) in [5.41, 5.74) is 3.46. The molecule has 0 aliphatic heterocycles. The standard InChI is InChI=1S/C14H21N3S/c1-3-4-7-15-8-9-18-14-16-12-6-5-11(2)10-13(12)17-14/h5-6,10,15H,3-4,7-9H2,1-2H3,(H,16,17). The normalized spacial score (nSPS) is 11.2. The molecular formula is C14H21N3S. The van der Waals surface area contributed by atoms with E-state index in [-0.39, 0.29) is 0 Å². The van der Waals surface area contributed by atoms with Crippen molar-refractivity contribution in [3.63, 3.8) is 0 Å². The van der Waals surface area contributed by atoms with Gasteiger partial charge in [-0.15, -0.1) is 0 Å². The lowest BCUT2D eigenvalue weighted by molar-refractivity contribution is 0.666. The molecule has 0 saturated heterocycles. The van der Waals surface area contributed by atoms with Crippen LogP contribution in [0.1, 0.15) is 25.3 Å². The third-order valence-electron chi connectivity index (χ3n) is 2.84. The van der Waals surface area contributed by atoms with Gasteiger partial charge >= 0.3 is 0 Å². The highest BCUT2D eigenvalue weighted by molar-refractivity contribution is 7.99. The number of hydrogen-bond donors (Lipinski definition) is 2. The van der Waals surface area contributed by atoms with E-state index in [0.717, 1.165) is 35.0 Å². The minimum absolute atomic E-state index is 1.02. The molecule has 2 aromatic rings. The number of aromatic amines is 1. The molecule has 0 amide bonds. The van der Waals surface area contributed by atoms with E-state index in [0.29, 0.717) is 0 Å². The molecule has 0 aliphatic rings. The third-order valence-corrected chi connectivity index (χ3v) is 3.72. The first kappa shape index (κ1) is 13.4. The molecule has 0 spiro atoms. The van der Waals surface area contributed by atoms with E-state index in [4.69, 9.17) is 0 Å². The Balaban J connectivity index is 1.81. The maximum Gasteiger partial charge on any atom is 0.166 e. The first-order chi connectivity index (χ1) is 8.79. The van der Waals surface area contributed by atoms with Crippen LogP contribution < -0.4 is 5.32 Å². The van der Waals surface area contributed by atoms with E-state index in [2.05, 4.69) is 47.3 Å². The smallest absolute Gasteiger partial charge is 0.166 e. The third kappa shape index (κ3) is 3.75. The van der Waals surface area contributed by atoms with Crippen molar-refractivity contribution in [3.8, 4) is 0 Å². The van der Waals surface area contributed by atoms with E-state index in [1.807, 2.05) is 0 Å². The fourth-order valence-electron chi connectivity index (χ4n) is 1.82. The molecule has 4 heteroatoms. The largest absolute Gasteiger partial charge is 0.333 e. The number of imidazole rings is 1. The van der Waals surface area contributed by atoms with Crippen molar-refractivity contribution < 1.29 is 0 Å². The van der Waals surface area contributed by atoms with E-state index < -0.39 is 0 Å². The molecule has 0 radical (unpaired) electrons. The summed E-state index contributed by atoms with van der Waals surface area (Å²) in [6.07, 6.45) is 2.51. The highest BCUT2D eigenvalue weighted by Gasteiger charge is 2.02. The zero-order valence-corrected chi connectivity index (χ0v) is 11.9. The lowest BCUT2D eigenvalue weighted by atomic mass is 10.2. The van der Waals surface area contributed by atoms with Gasteiger partial charge in [0.05, 0.1) is 11.0 Å². The maximum absolute atomic E-state index is 4.57. The predicted octanol–water partition coefficient (Wildman–Crippen LogP) is 3.35. The summed E-state index contributed by atoms with van der Waals surface area (Å²) in [6.45, 7) is 6.48. The zero-order valence-electron chi connectivity index (χ0n) is 11.1. The second-order valence-electron chi connectivity index (χ2n) is 4.51. The molecule has 0 unspecified atom stereocenters. The number of nitrogens with zero attached hydrogens (tertiary/aromatic N) is 1. The van der Waals surface area contributed by atoms with Gasteiger partial charge in [-0.1, -0.05) is 31.2 Å². The average Bonchev–Trinajstić information content (AvgIpc) is 2.75. The molecule has 1 heterocycles. The van der Waals surface area contributed by atoms with E-state index in [1.54, 1.807) is 11.8 Å². The summed E-state index contributed by atoms with van der Waals surface area (Å²) in [7, 11) is 0. The van der Waals surface area contributed by atoms with Gasteiger partial charge in [-0.2, -0.15) is 0 Å². The quantitative estimate of drug-likeness (QED) is 0.594. The summed E-state index contributed by atoms with van der Waals surface area (Å²) in [6, 6.07) is 6.32. The SMILES string of the molecule is CCCCNCCSc1nc2ccc(C)cc2[nH]1. The van der Waals surface area contributed by atoms with Gasteiger partial charge < -0.3 is 10.3 Å². The van der Waals surface area contributed by atoms with Crippen LogP contribution >= 0.6 is 11.8 Å². The number of thioether (sulfide) groups is 1. The van der Waals surface area contributed by atoms with Crippen LogP contribution in [0, 0.1) is 6.92 Å². The van der Waals surface area contributed by atoms with Crippen LogP contribution in [0.25, 0.3) is 11.0 Å². The van der Waals surface area contributed by atoms with Crippen molar-refractivity contribution >= 4 is 22.8 Å². The number of nitrogens with one attached hydrogen (secondary N) is 2. The number of H-pyrrole nitrogens is 1. The lowest BCUT2D eigenvalue weighted by Crippen LogP contribution is -2.18. The van der Waals surface area contributed by atoms with Crippen LogP contribution in [0.15, 0.2) is 23.4 Å². The predicted molar refractivity (Wildman–Crippen MR) is 79.3 cm³/mol. The van der Waals surface area contributed by atoms with Crippen LogP contribution in [0.3, 0.4) is 0 Å². The molecule has 3 nitrogen and oxygen atoms in total. The second kappa shape index (κ2) is 6.81. The number of aromatic nitrogens is 2. The van der Waals surface area contributed by atoms with Crippen molar-refractivity contribution in [2.45, 2.75) is 31.8 Å². The van der Waals surface area contributed by atoms with Gasteiger partial charge in [0.2, 0.25) is 0 Å². The van der Waals surface area contributed by atoms with Gasteiger partial charge in [0.15, 0.2) is 5.16 Å². The Kier molecular flexibility index (Phi) is 5.08. The first-order valence-electron chi connectivity index (χ1n) is 6.59. The Morgan fingerprint density at radius 2 is 2.22 bits per heavy atom. The van der Waals surface area contributed by atoms with Crippen LogP contribution in [-0.2, 0) is 0 Å². The van der Waals surface area contributed by atoms with Gasteiger partial charge in [0.25, 0.3) is 0 Å². The summed E-state index contributed by atoms with van der Waals surface area (Å²) in [5, 5.41) is 4.46. The van der Waals surface area contributed by atoms with Crippen LogP contribution in [-0.4, -0.2) is 28.8 Å². The lowest BCUT2D eigenvalue weighted by Gasteiger charge is -2.01. The van der Waals surface area contributed by atoms with Crippen molar-refractivity contribution in [3.05, 3.63) is 23.8 Å². The Morgan fingerprint density at radius 1 is 1.33 bits per heavy atom. The molecule has 0 fully saturated rings. The summed E-state index contributed by atoms with van der Waals surface area (Å²) >= 11 is 1.78. The number of unbranched alkanes of at least 4 members (excludes halogenated alkanes) is 1. The van der Waals surface area contributed by atoms with Gasteiger partial charge in [-0.25, -0.2) is 4.98 Å². The monoisotopic (exact) mass is 263 g/mol. The Labute approximate surface area is 113 Å². The van der Waals surface area contributed by atoms with Crippen LogP contribution in [0.5, 0.6) is 0 Å². The molecule has 2 N–H and O–H groups in total. The van der Waals surface area contributed by atoms with E-state index >= 15 is 0 Å². The number of fused-ring (bicyclic) bond motifs is 1. The fraction of sp³-hybridized carbons (Fsp3) is 0.500. The van der Waals surface area contributed by atoms with Crippen LogP contribution in [0.2, 0.25) is 0 Å². The highest BCUT2D eigenvalue weighted by Crippen LogP contribution is 2.19. The van der Waals surface area contributed by atoms with Gasteiger partial charge in [0.1, 0.15) is 0 Å². The minimum atomic E-state index is 1.02. The zero-order chi connectivity index (χ0) is 12.8. The molecule has 98 valence electrons. The van der Waals surface area contributed by atoms with Crippen molar-refractivity contribution in [2.75, 3.05) is 18.8 Å². The van der Waals surface area contributed by atoms with Gasteiger partial charge in [-0.3, -0.25) is 0 Å². The number of benzene rings is 1. The minimum Gasteiger partial charge on any atom is -0.333 e.